The Balaban J connectivity index is 3.06. The van der Waals surface area contributed by atoms with Crippen molar-refractivity contribution in [2.75, 3.05) is 34.4 Å². The van der Waals surface area contributed by atoms with Crippen LogP contribution in [0.5, 0.6) is 0 Å². The molecule has 0 aromatic carbocycles. The zero-order valence-corrected chi connectivity index (χ0v) is 20.4. The van der Waals surface area contributed by atoms with Crippen LogP contribution < -0.4 is 5.32 Å². The van der Waals surface area contributed by atoms with Gasteiger partial charge < -0.3 is 19.7 Å². The molecule has 0 bridgehead atoms. The molecule has 1 N–H and O–H groups in total. The second-order valence-electron chi connectivity index (χ2n) is 8.67. The summed E-state index contributed by atoms with van der Waals surface area (Å²) in [6, 6.07) is -1.40. The standard InChI is InChI=1S/C23H41N3O5/c1-9-31-23(29)16(4)14-19(15(2)3)26(7)22(28)20(17(5)30-8)24-21(27)18-12-10-11-13-25(18)6/h14-15,17-20H,9-13H2,1-8H3,(H,24,27)/b16-14+/t17?,18-,19-,20+/m1/s1. The molecule has 0 spiro atoms. The van der Waals surface area contributed by atoms with Crippen LogP contribution in [0.2, 0.25) is 0 Å². The Morgan fingerprint density at radius 1 is 1.23 bits per heavy atom. The number of ether oxygens (including phenoxy) is 2. The van der Waals surface area contributed by atoms with Crippen molar-refractivity contribution in [1.82, 2.24) is 15.1 Å². The van der Waals surface area contributed by atoms with Crippen LogP contribution in [0.1, 0.15) is 53.9 Å². The highest BCUT2D eigenvalue weighted by Gasteiger charge is 2.35. The fraction of sp³-hybridized carbons (Fsp3) is 0.783. The van der Waals surface area contributed by atoms with Crippen LogP contribution in [0.3, 0.4) is 0 Å². The lowest BCUT2D eigenvalue weighted by Gasteiger charge is -2.36. The summed E-state index contributed by atoms with van der Waals surface area (Å²) in [5.74, 6) is -0.758. The van der Waals surface area contributed by atoms with Crippen LogP contribution >= 0.6 is 0 Å². The molecule has 8 nitrogen and oxygen atoms in total. The van der Waals surface area contributed by atoms with Gasteiger partial charge in [-0.1, -0.05) is 26.3 Å². The van der Waals surface area contributed by atoms with E-state index >= 15 is 0 Å². The van der Waals surface area contributed by atoms with Gasteiger partial charge in [0.05, 0.1) is 24.8 Å². The Bertz CT molecular complexity index is 649. The number of nitrogens with one attached hydrogen (secondary N) is 1. The summed E-state index contributed by atoms with van der Waals surface area (Å²) in [4.78, 5) is 42.1. The number of likely N-dealkylation sites (tertiary alicyclic amines) is 1. The minimum absolute atomic E-state index is 0.0528. The Hall–Kier alpha value is -1.93. The molecular weight excluding hydrogens is 398 g/mol. The number of esters is 1. The van der Waals surface area contributed by atoms with Crippen LogP contribution in [0, 0.1) is 5.92 Å². The van der Waals surface area contributed by atoms with Crippen molar-refractivity contribution in [3.63, 3.8) is 0 Å². The fourth-order valence-corrected chi connectivity index (χ4v) is 3.86. The zero-order valence-electron chi connectivity index (χ0n) is 20.4. The summed E-state index contributed by atoms with van der Waals surface area (Å²) in [5, 5.41) is 2.93. The first-order valence-electron chi connectivity index (χ1n) is 11.2. The van der Waals surface area contributed by atoms with E-state index in [4.69, 9.17) is 9.47 Å². The molecule has 0 aromatic rings. The van der Waals surface area contributed by atoms with Crippen LogP contribution in [0.25, 0.3) is 0 Å². The van der Waals surface area contributed by atoms with Gasteiger partial charge in [-0.05, 0) is 53.1 Å². The van der Waals surface area contributed by atoms with Crippen LogP contribution in [0.4, 0.5) is 0 Å². The lowest BCUT2D eigenvalue weighted by molar-refractivity contribution is -0.142. The summed E-state index contributed by atoms with van der Waals surface area (Å²) < 4.78 is 10.5. The third-order valence-electron chi connectivity index (χ3n) is 5.97. The highest BCUT2D eigenvalue weighted by Crippen LogP contribution is 2.18. The molecule has 1 aliphatic heterocycles. The third-order valence-corrected chi connectivity index (χ3v) is 5.97. The minimum atomic E-state index is -0.824. The third kappa shape index (κ3) is 7.61. The highest BCUT2D eigenvalue weighted by molar-refractivity contribution is 5.91. The van der Waals surface area contributed by atoms with Crippen molar-refractivity contribution < 1.29 is 23.9 Å². The topological polar surface area (TPSA) is 88.2 Å². The van der Waals surface area contributed by atoms with Gasteiger partial charge in [0.1, 0.15) is 6.04 Å². The van der Waals surface area contributed by atoms with Crippen molar-refractivity contribution in [1.29, 1.82) is 0 Å². The molecule has 0 aromatic heterocycles. The lowest BCUT2D eigenvalue weighted by Crippen LogP contribution is -2.59. The molecule has 0 saturated carbocycles. The molecular formula is C23H41N3O5. The Morgan fingerprint density at radius 2 is 1.87 bits per heavy atom. The molecule has 1 rings (SSSR count). The Morgan fingerprint density at radius 3 is 2.39 bits per heavy atom. The van der Waals surface area contributed by atoms with E-state index in [2.05, 4.69) is 5.32 Å². The molecule has 4 atom stereocenters. The average molecular weight is 440 g/mol. The number of hydrogen-bond donors (Lipinski definition) is 1. The molecule has 1 fully saturated rings. The van der Waals surface area contributed by atoms with E-state index in [1.165, 1.54) is 7.11 Å². The van der Waals surface area contributed by atoms with E-state index in [1.54, 1.807) is 38.8 Å². The van der Waals surface area contributed by atoms with Crippen LogP contribution in [-0.4, -0.2) is 86.2 Å². The number of nitrogens with zero attached hydrogens (tertiary/aromatic N) is 2. The number of rotatable bonds is 10. The van der Waals surface area contributed by atoms with Gasteiger partial charge in [-0.3, -0.25) is 14.5 Å². The summed E-state index contributed by atoms with van der Waals surface area (Å²) >= 11 is 0. The van der Waals surface area contributed by atoms with Gasteiger partial charge in [-0.25, -0.2) is 4.79 Å². The first kappa shape index (κ1) is 27.1. The number of likely N-dealkylation sites (N-methyl/N-ethyl adjacent to an activating group) is 2. The summed E-state index contributed by atoms with van der Waals surface area (Å²) in [6.45, 7) is 10.3. The molecule has 1 unspecified atom stereocenters. The van der Waals surface area contributed by atoms with E-state index in [-0.39, 0.29) is 29.8 Å². The Kier molecular flexibility index (Phi) is 11.2. The van der Waals surface area contributed by atoms with Crippen LogP contribution in [-0.2, 0) is 23.9 Å². The number of amides is 2. The van der Waals surface area contributed by atoms with Gasteiger partial charge in [0.2, 0.25) is 11.8 Å². The van der Waals surface area contributed by atoms with Gasteiger partial charge in [0.15, 0.2) is 0 Å². The monoisotopic (exact) mass is 439 g/mol. The molecule has 1 aliphatic rings. The molecule has 1 heterocycles. The minimum Gasteiger partial charge on any atom is -0.463 e. The van der Waals surface area contributed by atoms with Crippen molar-refractivity contribution in [2.24, 2.45) is 5.92 Å². The summed E-state index contributed by atoms with van der Waals surface area (Å²) in [6.07, 6.45) is 4.09. The maximum absolute atomic E-state index is 13.4. The maximum atomic E-state index is 13.4. The second kappa shape index (κ2) is 12.8. The first-order chi connectivity index (χ1) is 14.5. The summed E-state index contributed by atoms with van der Waals surface area (Å²) in [7, 11) is 5.15. The van der Waals surface area contributed by atoms with Crippen molar-refractivity contribution in [3.05, 3.63) is 11.6 Å². The average Bonchev–Trinajstić information content (AvgIpc) is 2.74. The van der Waals surface area contributed by atoms with Crippen molar-refractivity contribution in [2.45, 2.75) is 78.1 Å². The molecule has 8 heteroatoms. The highest BCUT2D eigenvalue weighted by atomic mass is 16.5. The lowest BCUT2D eigenvalue weighted by atomic mass is 9.98. The van der Waals surface area contributed by atoms with E-state index < -0.39 is 18.1 Å². The second-order valence-corrected chi connectivity index (χ2v) is 8.67. The normalized spacial score (nSPS) is 20.7. The van der Waals surface area contributed by atoms with Crippen molar-refractivity contribution >= 4 is 17.8 Å². The number of hydrogen-bond acceptors (Lipinski definition) is 6. The molecule has 0 aliphatic carbocycles. The molecule has 1 saturated heterocycles. The first-order valence-corrected chi connectivity index (χ1v) is 11.2. The fourth-order valence-electron chi connectivity index (χ4n) is 3.86. The van der Waals surface area contributed by atoms with Crippen LogP contribution in [0.15, 0.2) is 11.6 Å². The number of carbonyl (C=O) groups excluding carboxylic acids is 3. The largest absolute Gasteiger partial charge is 0.463 e. The quantitative estimate of drug-likeness (QED) is 0.414. The number of methoxy groups -OCH3 is 1. The maximum Gasteiger partial charge on any atom is 0.333 e. The Labute approximate surface area is 187 Å². The molecule has 0 radical (unpaired) electrons. The van der Waals surface area contributed by atoms with E-state index in [1.807, 2.05) is 25.8 Å². The van der Waals surface area contributed by atoms with Gasteiger partial charge in [-0.2, -0.15) is 0 Å². The van der Waals surface area contributed by atoms with Gasteiger partial charge in [0.25, 0.3) is 0 Å². The van der Waals surface area contributed by atoms with Gasteiger partial charge in [0, 0.05) is 19.7 Å². The smallest absolute Gasteiger partial charge is 0.333 e. The summed E-state index contributed by atoms with van der Waals surface area (Å²) in [5.41, 5.74) is 0.449. The van der Waals surface area contributed by atoms with E-state index in [0.29, 0.717) is 12.2 Å². The molecule has 2 amide bonds. The van der Waals surface area contributed by atoms with E-state index in [0.717, 1.165) is 25.8 Å². The molecule has 178 valence electrons. The SMILES string of the molecule is CCOC(=O)/C(C)=C/[C@H](C(C)C)N(C)C(=O)[C@@H](NC(=O)[C@H]1CCCCN1C)C(C)OC. The number of piperidine rings is 1. The predicted octanol–water partition coefficient (Wildman–Crippen LogP) is 1.98. The zero-order chi connectivity index (χ0) is 23.7. The van der Waals surface area contributed by atoms with E-state index in [9.17, 15) is 14.4 Å². The molecule has 31 heavy (non-hydrogen) atoms. The van der Waals surface area contributed by atoms with Gasteiger partial charge >= 0.3 is 5.97 Å². The van der Waals surface area contributed by atoms with Crippen molar-refractivity contribution in [3.8, 4) is 0 Å². The predicted molar refractivity (Wildman–Crippen MR) is 120 cm³/mol. The van der Waals surface area contributed by atoms with Gasteiger partial charge in [-0.15, -0.1) is 0 Å². The number of carbonyl (C=O) groups is 3.